The molecule has 0 unspecified atom stereocenters. The van der Waals surface area contributed by atoms with E-state index >= 15 is 0 Å². The summed E-state index contributed by atoms with van der Waals surface area (Å²) in [6.45, 7) is 9.29. The molecule has 0 atom stereocenters. The van der Waals surface area contributed by atoms with E-state index in [1.165, 1.54) is 6.08 Å². The molecule has 0 aromatic heterocycles. The Morgan fingerprint density at radius 3 is 1.62 bits per heavy atom. The molecule has 0 aliphatic rings. The van der Waals surface area contributed by atoms with Crippen LogP contribution in [0.2, 0.25) is 0 Å². The molecule has 0 aromatic carbocycles. The summed E-state index contributed by atoms with van der Waals surface area (Å²) in [5.74, 6) is -1.53. The molecule has 4 nitrogen and oxygen atoms in total. The lowest BCUT2D eigenvalue weighted by Gasteiger charge is -1.90. The molecule has 0 aliphatic heterocycles. The molecule has 0 fully saturated rings. The van der Waals surface area contributed by atoms with Crippen LogP contribution in [0, 0.1) is 11.3 Å². The van der Waals surface area contributed by atoms with Crippen molar-refractivity contribution >= 4 is 11.9 Å². The number of ether oxygens (including phenoxy) is 1. The van der Waals surface area contributed by atoms with Gasteiger partial charge in [-0.15, -0.1) is 0 Å². The predicted molar refractivity (Wildman–Crippen MR) is 47.3 cm³/mol. The Hall–Kier alpha value is -2.15. The SMILES string of the molecule is C=CC#N.C=CC(=O)OC(=O)C=C. The second-order valence-electron chi connectivity index (χ2n) is 1.48. The van der Waals surface area contributed by atoms with E-state index in [-0.39, 0.29) is 0 Å². The van der Waals surface area contributed by atoms with Gasteiger partial charge < -0.3 is 4.74 Å². The Labute approximate surface area is 76.4 Å². The molecule has 0 N–H and O–H groups in total. The van der Waals surface area contributed by atoms with Crippen molar-refractivity contribution in [3.05, 3.63) is 38.0 Å². The van der Waals surface area contributed by atoms with Gasteiger partial charge in [-0.05, 0) is 0 Å². The lowest BCUT2D eigenvalue weighted by molar-refractivity contribution is -0.152. The zero-order chi connectivity index (χ0) is 10.7. The van der Waals surface area contributed by atoms with Gasteiger partial charge in [-0.25, -0.2) is 9.59 Å². The minimum Gasteiger partial charge on any atom is -0.387 e. The fourth-order valence-corrected chi connectivity index (χ4v) is 0.182. The Kier molecular flexibility index (Phi) is 10.2. The minimum absolute atomic E-state index is 0.764. The van der Waals surface area contributed by atoms with E-state index in [0.29, 0.717) is 0 Å². The van der Waals surface area contributed by atoms with Crippen LogP contribution in [0.3, 0.4) is 0 Å². The van der Waals surface area contributed by atoms with Gasteiger partial charge in [0.1, 0.15) is 0 Å². The molecule has 13 heavy (non-hydrogen) atoms. The summed E-state index contributed by atoms with van der Waals surface area (Å²) in [6, 6.07) is 1.69. The summed E-state index contributed by atoms with van der Waals surface area (Å²) in [5.41, 5.74) is 0. The Morgan fingerprint density at radius 1 is 1.15 bits per heavy atom. The number of esters is 2. The fourth-order valence-electron chi connectivity index (χ4n) is 0.182. The number of nitriles is 1. The van der Waals surface area contributed by atoms with Gasteiger partial charge in [0.25, 0.3) is 0 Å². The lowest BCUT2D eigenvalue weighted by atomic mass is 10.6. The molecule has 0 amide bonds. The normalized spacial score (nSPS) is 6.38. The third-order valence-electron chi connectivity index (χ3n) is 0.626. The summed E-state index contributed by atoms with van der Waals surface area (Å²) >= 11 is 0. The van der Waals surface area contributed by atoms with Crippen LogP contribution in [0.4, 0.5) is 0 Å². The van der Waals surface area contributed by atoms with Crippen molar-refractivity contribution in [3.8, 4) is 6.07 Å². The van der Waals surface area contributed by atoms with Crippen molar-refractivity contribution in [1.29, 1.82) is 5.26 Å². The van der Waals surface area contributed by atoms with E-state index in [4.69, 9.17) is 5.26 Å². The van der Waals surface area contributed by atoms with Gasteiger partial charge in [-0.2, -0.15) is 5.26 Å². The molecule has 0 aliphatic carbocycles. The highest BCUT2D eigenvalue weighted by Crippen LogP contribution is 1.80. The van der Waals surface area contributed by atoms with Gasteiger partial charge >= 0.3 is 11.9 Å². The number of rotatable bonds is 2. The first-order chi connectivity index (χ1) is 6.12. The van der Waals surface area contributed by atoms with Crippen LogP contribution in [0.5, 0.6) is 0 Å². The molecule has 0 rings (SSSR count). The maximum Gasteiger partial charge on any atom is 0.338 e. The van der Waals surface area contributed by atoms with E-state index in [1.54, 1.807) is 6.07 Å². The van der Waals surface area contributed by atoms with Crippen molar-refractivity contribution in [2.75, 3.05) is 0 Å². The number of allylic oxidation sites excluding steroid dienone is 1. The number of hydrogen-bond acceptors (Lipinski definition) is 4. The van der Waals surface area contributed by atoms with Crippen molar-refractivity contribution in [2.24, 2.45) is 0 Å². The lowest BCUT2D eigenvalue weighted by Crippen LogP contribution is -2.05. The number of carbonyl (C=O) groups excluding carboxylic acids is 2. The first-order valence-corrected chi connectivity index (χ1v) is 3.13. The highest BCUT2D eigenvalue weighted by Gasteiger charge is 1.99. The van der Waals surface area contributed by atoms with E-state index < -0.39 is 11.9 Å². The molecular formula is C9H9NO3. The molecule has 0 bridgehead atoms. The van der Waals surface area contributed by atoms with Crippen LogP contribution in [-0.4, -0.2) is 11.9 Å². The average molecular weight is 179 g/mol. The summed E-state index contributed by atoms with van der Waals surface area (Å²) in [4.78, 5) is 20.3. The van der Waals surface area contributed by atoms with Crippen molar-refractivity contribution in [3.63, 3.8) is 0 Å². The smallest absolute Gasteiger partial charge is 0.338 e. The number of carbonyl (C=O) groups is 2. The minimum atomic E-state index is -0.764. The molecule has 0 saturated heterocycles. The fraction of sp³-hybridized carbons (Fsp3) is 0. The van der Waals surface area contributed by atoms with Gasteiger partial charge in [-0.1, -0.05) is 19.7 Å². The zero-order valence-corrected chi connectivity index (χ0v) is 7.03. The topological polar surface area (TPSA) is 67.2 Å². The second kappa shape index (κ2) is 9.85. The summed E-state index contributed by atoms with van der Waals surface area (Å²) < 4.78 is 4.03. The zero-order valence-electron chi connectivity index (χ0n) is 7.03. The monoisotopic (exact) mass is 179 g/mol. The van der Waals surface area contributed by atoms with Gasteiger partial charge in [0.15, 0.2) is 0 Å². The Balaban J connectivity index is 0. The second-order valence-corrected chi connectivity index (χ2v) is 1.48. The molecule has 0 saturated carbocycles. The summed E-state index contributed by atoms with van der Waals surface area (Å²) in [6.07, 6.45) is 2.99. The molecule has 4 heteroatoms. The van der Waals surface area contributed by atoms with Gasteiger partial charge in [-0.3, -0.25) is 0 Å². The molecule has 68 valence electrons. The molecule has 0 spiro atoms. The van der Waals surface area contributed by atoms with Gasteiger partial charge in [0, 0.05) is 18.2 Å². The Morgan fingerprint density at radius 2 is 1.46 bits per heavy atom. The molecule has 0 heterocycles. The first kappa shape index (κ1) is 13.4. The van der Waals surface area contributed by atoms with Crippen LogP contribution < -0.4 is 0 Å². The average Bonchev–Trinajstić information content (AvgIpc) is 2.17. The van der Waals surface area contributed by atoms with Gasteiger partial charge in [0.2, 0.25) is 0 Å². The van der Waals surface area contributed by atoms with Crippen molar-refractivity contribution < 1.29 is 14.3 Å². The quantitative estimate of drug-likeness (QED) is 0.276. The van der Waals surface area contributed by atoms with Crippen LogP contribution in [0.15, 0.2) is 38.0 Å². The highest BCUT2D eigenvalue weighted by atomic mass is 16.6. The largest absolute Gasteiger partial charge is 0.387 e. The molecule has 0 radical (unpaired) electrons. The van der Waals surface area contributed by atoms with E-state index in [1.807, 2.05) is 0 Å². The predicted octanol–water partition coefficient (Wildman–Crippen LogP) is 1.12. The van der Waals surface area contributed by atoms with Crippen LogP contribution >= 0.6 is 0 Å². The van der Waals surface area contributed by atoms with Crippen LogP contribution in [-0.2, 0) is 14.3 Å². The molecular weight excluding hydrogens is 170 g/mol. The molecule has 0 aromatic rings. The maximum atomic E-state index is 10.2. The van der Waals surface area contributed by atoms with E-state index in [2.05, 4.69) is 24.5 Å². The van der Waals surface area contributed by atoms with Crippen LogP contribution in [0.25, 0.3) is 0 Å². The van der Waals surface area contributed by atoms with Crippen molar-refractivity contribution in [1.82, 2.24) is 0 Å². The third-order valence-corrected chi connectivity index (χ3v) is 0.626. The standard InChI is InChI=1S/C6H6O3.C3H3N/c1-3-5(7)9-6(8)4-2;1-2-3-4/h3-4H,1-2H2;2H,1H2. The van der Waals surface area contributed by atoms with Crippen LogP contribution in [0.1, 0.15) is 0 Å². The maximum absolute atomic E-state index is 10.2. The van der Waals surface area contributed by atoms with E-state index in [0.717, 1.165) is 12.2 Å². The van der Waals surface area contributed by atoms with E-state index in [9.17, 15) is 9.59 Å². The number of nitrogens with zero attached hydrogens (tertiary/aromatic N) is 1. The third kappa shape index (κ3) is 12.9. The first-order valence-electron chi connectivity index (χ1n) is 3.13. The van der Waals surface area contributed by atoms with Gasteiger partial charge in [0.05, 0.1) is 6.07 Å². The Bertz CT molecular complexity index is 243. The summed E-state index contributed by atoms with van der Waals surface area (Å²) in [5, 5.41) is 7.51. The highest BCUT2D eigenvalue weighted by molar-refractivity contribution is 5.95. The summed E-state index contributed by atoms with van der Waals surface area (Å²) in [7, 11) is 0. The number of hydrogen-bond donors (Lipinski definition) is 0. The van der Waals surface area contributed by atoms with Crippen molar-refractivity contribution in [2.45, 2.75) is 0 Å².